The Morgan fingerprint density at radius 1 is 1.22 bits per heavy atom. The van der Waals surface area contributed by atoms with Gasteiger partial charge in [0.15, 0.2) is 17.0 Å². The average molecular weight is 363 g/mol. The van der Waals surface area contributed by atoms with Gasteiger partial charge < -0.3 is 9.80 Å². The van der Waals surface area contributed by atoms with Gasteiger partial charge in [-0.2, -0.15) is 0 Å². The van der Waals surface area contributed by atoms with Crippen molar-refractivity contribution in [2.45, 2.75) is 26.3 Å². The number of carbonyl (C=O) groups is 1. The molecule has 27 heavy (non-hydrogen) atoms. The maximum Gasteiger partial charge on any atom is 0.233 e. The maximum atomic E-state index is 13.1. The second-order valence-electron chi connectivity index (χ2n) is 7.10. The number of aromatic nitrogens is 5. The van der Waals surface area contributed by atoms with Crippen LogP contribution in [0.2, 0.25) is 0 Å². The number of hydrogen-bond donors (Lipinski definition) is 0. The topological polar surface area (TPSA) is 80.0 Å². The van der Waals surface area contributed by atoms with Crippen LogP contribution in [0.15, 0.2) is 30.6 Å². The molecule has 2 aromatic heterocycles. The zero-order valence-corrected chi connectivity index (χ0v) is 15.2. The number of fused-ring (bicyclic) bond motifs is 2. The first-order valence-corrected chi connectivity index (χ1v) is 9.44. The smallest absolute Gasteiger partial charge is 0.233 e. The fraction of sp³-hybridized carbons (Fsp3) is 0.421. The Balaban J connectivity index is 1.34. The molecule has 0 radical (unpaired) electrons. The van der Waals surface area contributed by atoms with Gasteiger partial charge in [-0.1, -0.05) is 23.4 Å². The van der Waals surface area contributed by atoms with Gasteiger partial charge in [-0.05, 0) is 31.4 Å². The highest BCUT2D eigenvalue weighted by Crippen LogP contribution is 2.32. The van der Waals surface area contributed by atoms with Crippen molar-refractivity contribution in [1.29, 1.82) is 0 Å². The molecular formula is C19H21N7O. The number of anilines is 2. The zero-order chi connectivity index (χ0) is 18.4. The van der Waals surface area contributed by atoms with Crippen molar-refractivity contribution in [2.75, 3.05) is 29.4 Å². The van der Waals surface area contributed by atoms with Gasteiger partial charge in [0, 0.05) is 31.9 Å². The van der Waals surface area contributed by atoms with E-state index in [0.717, 1.165) is 36.5 Å². The monoisotopic (exact) mass is 363 g/mol. The van der Waals surface area contributed by atoms with E-state index < -0.39 is 0 Å². The lowest BCUT2D eigenvalue weighted by Crippen LogP contribution is -2.55. The summed E-state index contributed by atoms with van der Waals surface area (Å²) in [5.41, 5.74) is 3.78. The second-order valence-corrected chi connectivity index (χ2v) is 7.10. The third-order valence-electron chi connectivity index (χ3n) is 5.49. The van der Waals surface area contributed by atoms with Crippen LogP contribution in [0.3, 0.4) is 0 Å². The van der Waals surface area contributed by atoms with Crippen LogP contribution in [0.4, 0.5) is 11.5 Å². The molecule has 0 bridgehead atoms. The van der Waals surface area contributed by atoms with E-state index in [1.165, 1.54) is 5.56 Å². The Hall–Kier alpha value is -3.03. The normalized spacial score (nSPS) is 17.1. The van der Waals surface area contributed by atoms with Crippen molar-refractivity contribution in [3.8, 4) is 0 Å². The van der Waals surface area contributed by atoms with Crippen molar-refractivity contribution in [3.63, 3.8) is 0 Å². The third kappa shape index (κ3) is 2.55. The average Bonchev–Trinajstić information content (AvgIpc) is 3.10. The van der Waals surface area contributed by atoms with E-state index in [4.69, 9.17) is 0 Å². The molecule has 1 saturated heterocycles. The number of carbonyl (C=O) groups excluding carboxylic acids is 1. The van der Waals surface area contributed by atoms with Gasteiger partial charge in [0.25, 0.3) is 0 Å². The Labute approximate surface area is 156 Å². The summed E-state index contributed by atoms with van der Waals surface area (Å²) in [4.78, 5) is 25.8. The molecule has 0 saturated carbocycles. The van der Waals surface area contributed by atoms with Crippen molar-refractivity contribution in [1.82, 2.24) is 25.0 Å². The van der Waals surface area contributed by atoms with Crippen LogP contribution in [0.5, 0.6) is 0 Å². The summed E-state index contributed by atoms with van der Waals surface area (Å²) in [5, 5.41) is 8.36. The molecule has 1 amide bonds. The molecule has 2 aliphatic heterocycles. The molecule has 8 heteroatoms. The van der Waals surface area contributed by atoms with E-state index in [2.05, 4.69) is 37.3 Å². The first kappa shape index (κ1) is 16.2. The Morgan fingerprint density at radius 3 is 2.93 bits per heavy atom. The van der Waals surface area contributed by atoms with Gasteiger partial charge in [-0.15, -0.1) is 5.10 Å². The number of aryl methyl sites for hydroxylation is 2. The van der Waals surface area contributed by atoms with Gasteiger partial charge in [-0.25, -0.2) is 14.6 Å². The predicted molar refractivity (Wildman–Crippen MR) is 102 cm³/mol. The molecule has 0 N–H and O–H groups in total. The van der Waals surface area contributed by atoms with Crippen LogP contribution in [0.1, 0.15) is 18.9 Å². The van der Waals surface area contributed by atoms with Crippen LogP contribution < -0.4 is 9.80 Å². The first-order valence-electron chi connectivity index (χ1n) is 9.44. The Bertz CT molecular complexity index is 1010. The van der Waals surface area contributed by atoms with Crippen molar-refractivity contribution < 1.29 is 4.79 Å². The van der Waals surface area contributed by atoms with E-state index >= 15 is 0 Å². The fourth-order valence-corrected chi connectivity index (χ4v) is 4.01. The molecular weight excluding hydrogens is 342 g/mol. The highest BCUT2D eigenvalue weighted by atomic mass is 16.2. The molecule has 8 nitrogen and oxygen atoms in total. The summed E-state index contributed by atoms with van der Waals surface area (Å²) in [6.07, 6.45) is 3.61. The number of amides is 1. The summed E-state index contributed by atoms with van der Waals surface area (Å²) in [6.45, 7) is 4.83. The summed E-state index contributed by atoms with van der Waals surface area (Å²) in [6, 6.07) is 8.23. The zero-order valence-electron chi connectivity index (χ0n) is 15.2. The molecule has 4 heterocycles. The van der Waals surface area contributed by atoms with Crippen LogP contribution in [-0.4, -0.2) is 50.5 Å². The Kier molecular flexibility index (Phi) is 3.77. The highest BCUT2D eigenvalue weighted by molar-refractivity contribution is 5.98. The van der Waals surface area contributed by atoms with Crippen LogP contribution >= 0.6 is 0 Å². The van der Waals surface area contributed by atoms with Crippen molar-refractivity contribution in [3.05, 3.63) is 36.2 Å². The predicted octanol–water partition coefficient (Wildman–Crippen LogP) is 1.66. The maximum absolute atomic E-state index is 13.1. The van der Waals surface area contributed by atoms with Crippen LogP contribution in [-0.2, 0) is 17.8 Å². The van der Waals surface area contributed by atoms with Gasteiger partial charge in [-0.3, -0.25) is 4.79 Å². The van der Waals surface area contributed by atoms with E-state index in [1.54, 1.807) is 11.0 Å². The number of hydrogen-bond acceptors (Lipinski definition) is 6. The summed E-state index contributed by atoms with van der Waals surface area (Å²) >= 11 is 0. The van der Waals surface area contributed by atoms with E-state index in [9.17, 15) is 4.79 Å². The first-order chi connectivity index (χ1) is 13.3. The molecule has 1 fully saturated rings. The fourth-order valence-electron chi connectivity index (χ4n) is 4.01. The van der Waals surface area contributed by atoms with Gasteiger partial charge in [0.05, 0.1) is 5.92 Å². The molecule has 3 aromatic rings. The lowest BCUT2D eigenvalue weighted by molar-refractivity contribution is -0.123. The number of nitrogens with zero attached hydrogens (tertiary/aromatic N) is 7. The third-order valence-corrected chi connectivity index (χ3v) is 5.49. The van der Waals surface area contributed by atoms with E-state index in [1.807, 2.05) is 24.0 Å². The molecule has 0 spiro atoms. The van der Waals surface area contributed by atoms with Crippen molar-refractivity contribution in [2.24, 2.45) is 5.92 Å². The van der Waals surface area contributed by atoms with Crippen LogP contribution in [0.25, 0.3) is 11.2 Å². The summed E-state index contributed by atoms with van der Waals surface area (Å²) in [7, 11) is 0. The van der Waals surface area contributed by atoms with Crippen LogP contribution in [0, 0.1) is 5.92 Å². The van der Waals surface area contributed by atoms with Crippen molar-refractivity contribution >= 4 is 28.6 Å². The lowest BCUT2D eigenvalue weighted by atomic mass is 9.95. The second kappa shape index (κ2) is 6.29. The Morgan fingerprint density at radius 2 is 2.07 bits per heavy atom. The largest absolute Gasteiger partial charge is 0.353 e. The molecule has 0 unspecified atom stereocenters. The SMILES string of the molecule is CCn1nnc2c(N3CC(C(=O)N4CCCc5ccccc54)C3)ncnc21. The summed E-state index contributed by atoms with van der Waals surface area (Å²) in [5.74, 6) is 0.964. The van der Waals surface area contributed by atoms with Gasteiger partial charge >= 0.3 is 0 Å². The minimum Gasteiger partial charge on any atom is -0.353 e. The minimum absolute atomic E-state index is 0.0117. The summed E-state index contributed by atoms with van der Waals surface area (Å²) < 4.78 is 1.76. The van der Waals surface area contributed by atoms with E-state index in [-0.39, 0.29) is 11.8 Å². The van der Waals surface area contributed by atoms with Gasteiger partial charge in [0.1, 0.15) is 6.33 Å². The highest BCUT2D eigenvalue weighted by Gasteiger charge is 2.38. The quantitative estimate of drug-likeness (QED) is 0.704. The molecule has 1 aromatic carbocycles. The molecule has 2 aliphatic rings. The number of rotatable bonds is 3. The molecule has 0 aliphatic carbocycles. The molecule has 138 valence electrons. The minimum atomic E-state index is -0.0117. The van der Waals surface area contributed by atoms with Gasteiger partial charge in [0.2, 0.25) is 5.91 Å². The lowest BCUT2D eigenvalue weighted by Gasteiger charge is -2.42. The number of benzene rings is 1. The molecule has 5 rings (SSSR count). The van der Waals surface area contributed by atoms with E-state index in [0.29, 0.717) is 25.2 Å². The molecule has 0 atom stereocenters. The number of para-hydroxylation sites is 1. The standard InChI is InChI=1S/C19H21N7O/c1-2-26-18-16(22-23-26)17(20-12-21-18)24-10-14(11-24)19(27)25-9-5-7-13-6-3-4-8-15(13)25/h3-4,6,8,12,14H,2,5,7,9-11H2,1H3.